The molecule has 6 heteroatoms. The third-order valence-corrected chi connectivity index (χ3v) is 1.93. The fraction of sp³-hybridized carbons (Fsp3) is 0.222. The Labute approximate surface area is 95.1 Å². The van der Waals surface area contributed by atoms with Crippen LogP contribution in [0.15, 0.2) is 12.3 Å². The highest BCUT2D eigenvalue weighted by Gasteiger charge is 2.31. The maximum atomic E-state index is 12.3. The van der Waals surface area contributed by atoms with Gasteiger partial charge in [-0.3, -0.25) is 0 Å². The molecular weight excluding hydrogens is 247 g/mol. The zero-order valence-electron chi connectivity index (χ0n) is 7.27. The predicted molar refractivity (Wildman–Crippen MR) is 55.0 cm³/mol. The number of rotatable bonds is 0. The van der Waals surface area contributed by atoms with E-state index in [1.807, 2.05) is 0 Å². The zero-order valence-corrected chi connectivity index (χ0v) is 8.92. The average molecular weight is 252 g/mol. The molecule has 80 valence electrons. The van der Waals surface area contributed by atoms with Crippen LogP contribution in [0.1, 0.15) is 11.1 Å². The number of hydrogen-bond donors (Lipinski definition) is 1. The molecule has 0 atom stereocenters. The van der Waals surface area contributed by atoms with Crippen LogP contribution in [0.4, 0.5) is 13.2 Å². The standard InChI is InChI=1S/C9H5ClF3NS/c10-8-6(2-1-3-15)4-7(5-14-8)9(11,12)13/h4-5,15H,3H2. The zero-order chi connectivity index (χ0) is 11.5. The first-order chi connectivity index (χ1) is 6.95. The van der Waals surface area contributed by atoms with Crippen molar-refractivity contribution in [3.05, 3.63) is 28.5 Å². The molecule has 0 N–H and O–H groups in total. The Balaban J connectivity index is 3.17. The molecule has 1 heterocycles. The first-order valence-corrected chi connectivity index (χ1v) is 4.78. The molecule has 1 aromatic heterocycles. The van der Waals surface area contributed by atoms with Crippen LogP contribution in [0.2, 0.25) is 5.15 Å². The minimum atomic E-state index is -4.44. The van der Waals surface area contributed by atoms with Crippen LogP contribution in [0.25, 0.3) is 0 Å². The molecule has 1 rings (SSSR count). The quantitative estimate of drug-likeness (QED) is 0.425. The fourth-order valence-corrected chi connectivity index (χ4v) is 1.06. The second kappa shape index (κ2) is 4.77. The largest absolute Gasteiger partial charge is 0.417 e. The van der Waals surface area contributed by atoms with Gasteiger partial charge in [-0.05, 0) is 6.07 Å². The Bertz CT molecular complexity index is 420. The van der Waals surface area contributed by atoms with Crippen LogP contribution in [0, 0.1) is 11.8 Å². The van der Waals surface area contributed by atoms with Crippen molar-refractivity contribution in [2.75, 3.05) is 5.75 Å². The van der Waals surface area contributed by atoms with Gasteiger partial charge in [0.1, 0.15) is 5.15 Å². The van der Waals surface area contributed by atoms with Crippen LogP contribution < -0.4 is 0 Å². The monoisotopic (exact) mass is 251 g/mol. The third-order valence-electron chi connectivity index (χ3n) is 1.47. The average Bonchev–Trinajstić information content (AvgIpc) is 2.15. The van der Waals surface area contributed by atoms with Crippen LogP contribution in [0.5, 0.6) is 0 Å². The minimum absolute atomic E-state index is 0.0442. The van der Waals surface area contributed by atoms with E-state index in [-0.39, 0.29) is 16.5 Å². The van der Waals surface area contributed by atoms with E-state index < -0.39 is 11.7 Å². The van der Waals surface area contributed by atoms with E-state index in [2.05, 4.69) is 29.5 Å². The summed E-state index contributed by atoms with van der Waals surface area (Å²) in [4.78, 5) is 3.42. The molecule has 0 spiro atoms. The van der Waals surface area contributed by atoms with Gasteiger partial charge in [-0.1, -0.05) is 23.4 Å². The van der Waals surface area contributed by atoms with Crippen LogP contribution in [0.3, 0.4) is 0 Å². The van der Waals surface area contributed by atoms with Gasteiger partial charge in [0.15, 0.2) is 0 Å². The summed E-state index contributed by atoms with van der Waals surface area (Å²) in [5.74, 6) is 5.20. The molecule has 0 aromatic carbocycles. The van der Waals surface area contributed by atoms with Gasteiger partial charge in [0, 0.05) is 6.20 Å². The lowest BCUT2D eigenvalue weighted by atomic mass is 10.2. The van der Waals surface area contributed by atoms with Gasteiger partial charge in [0.25, 0.3) is 0 Å². The van der Waals surface area contributed by atoms with Gasteiger partial charge >= 0.3 is 6.18 Å². The molecule has 0 unspecified atom stereocenters. The Morgan fingerprint density at radius 1 is 1.47 bits per heavy atom. The van der Waals surface area contributed by atoms with Crippen molar-refractivity contribution < 1.29 is 13.2 Å². The second-order valence-electron chi connectivity index (χ2n) is 2.52. The number of nitrogens with zero attached hydrogens (tertiary/aromatic N) is 1. The van der Waals surface area contributed by atoms with E-state index in [0.717, 1.165) is 6.07 Å². The highest BCUT2D eigenvalue weighted by atomic mass is 35.5. The predicted octanol–water partition coefficient (Wildman–Crippen LogP) is 3.04. The SMILES string of the molecule is FC(F)(F)c1cnc(Cl)c(C#CCS)c1. The van der Waals surface area contributed by atoms with Crippen LogP contribution >= 0.6 is 24.2 Å². The summed E-state index contributed by atoms with van der Waals surface area (Å²) in [5.41, 5.74) is -0.809. The van der Waals surface area contributed by atoms with E-state index in [0.29, 0.717) is 6.20 Å². The van der Waals surface area contributed by atoms with E-state index >= 15 is 0 Å². The van der Waals surface area contributed by atoms with Crippen molar-refractivity contribution in [1.29, 1.82) is 0 Å². The van der Waals surface area contributed by atoms with Gasteiger partial charge in [-0.2, -0.15) is 25.8 Å². The number of hydrogen-bond acceptors (Lipinski definition) is 2. The van der Waals surface area contributed by atoms with Crippen molar-refractivity contribution in [2.45, 2.75) is 6.18 Å². The maximum Gasteiger partial charge on any atom is 0.417 e. The molecule has 1 nitrogen and oxygen atoms in total. The normalized spacial score (nSPS) is 10.7. The van der Waals surface area contributed by atoms with E-state index in [4.69, 9.17) is 11.6 Å². The van der Waals surface area contributed by atoms with Crippen molar-refractivity contribution in [1.82, 2.24) is 4.98 Å². The lowest BCUT2D eigenvalue weighted by molar-refractivity contribution is -0.137. The summed E-state index contributed by atoms with van der Waals surface area (Å²) in [6.45, 7) is 0. The molecule has 0 saturated carbocycles. The number of halogens is 4. The molecule has 15 heavy (non-hydrogen) atoms. The number of alkyl halides is 3. The molecular formula is C9H5ClF3NS. The van der Waals surface area contributed by atoms with E-state index in [1.54, 1.807) is 0 Å². The summed E-state index contributed by atoms with van der Waals surface area (Å²) < 4.78 is 36.8. The summed E-state index contributed by atoms with van der Waals surface area (Å²) >= 11 is 9.38. The van der Waals surface area contributed by atoms with Crippen molar-refractivity contribution in [3.63, 3.8) is 0 Å². The highest BCUT2D eigenvalue weighted by molar-refractivity contribution is 7.80. The molecule has 0 aliphatic rings. The van der Waals surface area contributed by atoms with Gasteiger partial charge in [0.2, 0.25) is 0 Å². The topological polar surface area (TPSA) is 12.9 Å². The summed E-state index contributed by atoms with van der Waals surface area (Å²) in [7, 11) is 0. The highest BCUT2D eigenvalue weighted by Crippen LogP contribution is 2.30. The lowest BCUT2D eigenvalue weighted by Crippen LogP contribution is -2.06. The van der Waals surface area contributed by atoms with Gasteiger partial charge in [-0.15, -0.1) is 0 Å². The van der Waals surface area contributed by atoms with Crippen LogP contribution in [-0.2, 0) is 6.18 Å². The van der Waals surface area contributed by atoms with E-state index in [9.17, 15) is 13.2 Å². The molecule has 0 radical (unpaired) electrons. The summed E-state index contributed by atoms with van der Waals surface area (Å²) in [6, 6.07) is 0.867. The lowest BCUT2D eigenvalue weighted by Gasteiger charge is -2.06. The number of thiol groups is 1. The molecule has 1 aromatic rings. The van der Waals surface area contributed by atoms with Gasteiger partial charge in [-0.25, -0.2) is 4.98 Å². The Kier molecular flexibility index (Phi) is 3.89. The molecule has 0 amide bonds. The first kappa shape index (κ1) is 12.2. The molecule has 0 aliphatic carbocycles. The summed E-state index contributed by atoms with van der Waals surface area (Å²) in [5, 5.41) is -0.0442. The van der Waals surface area contributed by atoms with Crippen LogP contribution in [-0.4, -0.2) is 10.7 Å². The molecule has 0 aliphatic heterocycles. The minimum Gasteiger partial charge on any atom is -0.243 e. The number of aromatic nitrogens is 1. The van der Waals surface area contributed by atoms with Crippen molar-refractivity contribution in [2.24, 2.45) is 0 Å². The van der Waals surface area contributed by atoms with Crippen molar-refractivity contribution >= 4 is 24.2 Å². The molecule has 0 fully saturated rings. The maximum absolute atomic E-state index is 12.3. The Morgan fingerprint density at radius 3 is 2.67 bits per heavy atom. The van der Waals surface area contributed by atoms with Gasteiger partial charge in [0.05, 0.1) is 16.9 Å². The van der Waals surface area contributed by atoms with Gasteiger partial charge < -0.3 is 0 Å². The summed E-state index contributed by atoms with van der Waals surface area (Å²) in [6.07, 6.45) is -3.76. The van der Waals surface area contributed by atoms with E-state index in [1.165, 1.54) is 0 Å². The fourth-order valence-electron chi connectivity index (χ4n) is 0.826. The number of pyridine rings is 1. The van der Waals surface area contributed by atoms with Crippen molar-refractivity contribution in [3.8, 4) is 11.8 Å². The third kappa shape index (κ3) is 3.33. The second-order valence-corrected chi connectivity index (χ2v) is 3.19. The molecule has 0 saturated heterocycles. The molecule has 0 bridgehead atoms. The smallest absolute Gasteiger partial charge is 0.243 e. The Morgan fingerprint density at radius 2 is 2.13 bits per heavy atom. The first-order valence-electron chi connectivity index (χ1n) is 3.77. The Hall–Kier alpha value is -0.860.